The first-order chi connectivity index (χ1) is 13.0. The molecule has 1 unspecified atom stereocenters. The quantitative estimate of drug-likeness (QED) is 0.812. The molecule has 8 heteroatoms. The molecule has 0 saturated carbocycles. The average Bonchev–Trinajstić information content (AvgIpc) is 3.04. The minimum atomic E-state index is -0.663. The summed E-state index contributed by atoms with van der Waals surface area (Å²) < 4.78 is 29.2. The molecule has 146 valence electrons. The molecule has 1 aromatic heterocycles. The van der Waals surface area contributed by atoms with Gasteiger partial charge in [0.05, 0.1) is 17.8 Å². The summed E-state index contributed by atoms with van der Waals surface area (Å²) in [6.45, 7) is 5.59. The van der Waals surface area contributed by atoms with Gasteiger partial charge in [0.2, 0.25) is 0 Å². The van der Waals surface area contributed by atoms with Crippen molar-refractivity contribution in [2.75, 3.05) is 13.1 Å². The number of aromatic nitrogens is 3. The molecule has 0 spiro atoms. The van der Waals surface area contributed by atoms with Crippen LogP contribution in [0.3, 0.4) is 0 Å². The van der Waals surface area contributed by atoms with Crippen molar-refractivity contribution in [3.63, 3.8) is 0 Å². The van der Waals surface area contributed by atoms with Crippen molar-refractivity contribution in [1.82, 2.24) is 25.6 Å². The molecular formula is C19H25F2N5O. The number of nitrogens with zero attached hydrogens (tertiary/aromatic N) is 3. The lowest BCUT2D eigenvalue weighted by Crippen LogP contribution is -2.31. The highest BCUT2D eigenvalue weighted by molar-refractivity contribution is 5.93. The van der Waals surface area contributed by atoms with E-state index in [9.17, 15) is 13.6 Å². The molecule has 0 radical (unpaired) electrons. The predicted octanol–water partition coefficient (Wildman–Crippen LogP) is 3.06. The van der Waals surface area contributed by atoms with Crippen molar-refractivity contribution >= 4 is 5.91 Å². The molecule has 1 aliphatic rings. The zero-order valence-electron chi connectivity index (χ0n) is 15.6. The first-order valence-electron chi connectivity index (χ1n) is 9.39. The SMILES string of the molecule is CCCC(NC(=O)c1nnn(C2CCNCC2)c1C)c1ccc(F)cc1F. The number of hydrogen-bond acceptors (Lipinski definition) is 4. The third-order valence-corrected chi connectivity index (χ3v) is 5.02. The molecule has 1 atom stereocenters. The number of carbonyl (C=O) groups excluding carboxylic acids is 1. The number of rotatable bonds is 6. The summed E-state index contributed by atoms with van der Waals surface area (Å²) in [6, 6.07) is 3.09. The number of nitrogens with one attached hydrogen (secondary N) is 2. The topological polar surface area (TPSA) is 71.8 Å². The van der Waals surface area contributed by atoms with Crippen molar-refractivity contribution in [3.8, 4) is 0 Å². The van der Waals surface area contributed by atoms with Gasteiger partial charge in [-0.25, -0.2) is 13.5 Å². The second-order valence-electron chi connectivity index (χ2n) is 6.93. The van der Waals surface area contributed by atoms with Crippen molar-refractivity contribution in [3.05, 3.63) is 46.8 Å². The fourth-order valence-corrected chi connectivity index (χ4v) is 3.55. The van der Waals surface area contributed by atoms with Crippen LogP contribution in [0.5, 0.6) is 0 Å². The van der Waals surface area contributed by atoms with Gasteiger partial charge in [-0.05, 0) is 45.3 Å². The highest BCUT2D eigenvalue weighted by atomic mass is 19.1. The number of amides is 1. The van der Waals surface area contributed by atoms with Gasteiger partial charge >= 0.3 is 0 Å². The van der Waals surface area contributed by atoms with Gasteiger partial charge in [-0.15, -0.1) is 5.10 Å². The fourth-order valence-electron chi connectivity index (χ4n) is 3.55. The molecule has 1 aliphatic heterocycles. The summed E-state index contributed by atoms with van der Waals surface area (Å²) in [5.41, 5.74) is 1.22. The number of halogens is 2. The van der Waals surface area contributed by atoms with Gasteiger partial charge in [-0.1, -0.05) is 24.6 Å². The van der Waals surface area contributed by atoms with Crippen LogP contribution in [0.25, 0.3) is 0 Å². The van der Waals surface area contributed by atoms with Gasteiger partial charge in [-0.2, -0.15) is 0 Å². The standard InChI is InChI=1S/C19H25F2N5O/c1-3-4-17(15-6-5-13(20)11-16(15)21)23-19(27)18-12(2)26(25-24-18)14-7-9-22-10-8-14/h5-6,11,14,17,22H,3-4,7-10H2,1-2H3,(H,23,27). The van der Waals surface area contributed by atoms with E-state index in [-0.39, 0.29) is 17.3 Å². The van der Waals surface area contributed by atoms with Crippen molar-refractivity contribution in [2.45, 2.75) is 51.6 Å². The van der Waals surface area contributed by atoms with Gasteiger partial charge in [0.1, 0.15) is 11.6 Å². The monoisotopic (exact) mass is 377 g/mol. The van der Waals surface area contributed by atoms with Crippen molar-refractivity contribution in [2.24, 2.45) is 0 Å². The Morgan fingerprint density at radius 2 is 2.11 bits per heavy atom. The largest absolute Gasteiger partial charge is 0.344 e. The van der Waals surface area contributed by atoms with Crippen molar-refractivity contribution < 1.29 is 13.6 Å². The van der Waals surface area contributed by atoms with E-state index in [1.54, 1.807) is 0 Å². The summed E-state index contributed by atoms with van der Waals surface area (Å²) >= 11 is 0. The Morgan fingerprint density at radius 1 is 1.37 bits per heavy atom. The van der Waals surface area contributed by atoms with Gasteiger partial charge in [0.15, 0.2) is 5.69 Å². The summed E-state index contributed by atoms with van der Waals surface area (Å²) in [6.07, 6.45) is 3.15. The van der Waals surface area contributed by atoms with Crippen LogP contribution in [0.4, 0.5) is 8.78 Å². The zero-order chi connectivity index (χ0) is 19.4. The highest BCUT2D eigenvalue weighted by Gasteiger charge is 2.25. The van der Waals surface area contributed by atoms with E-state index in [0.29, 0.717) is 12.1 Å². The van der Waals surface area contributed by atoms with E-state index in [1.165, 1.54) is 12.1 Å². The maximum Gasteiger partial charge on any atom is 0.274 e. The van der Waals surface area contributed by atoms with E-state index in [1.807, 2.05) is 18.5 Å². The molecule has 1 amide bonds. The zero-order valence-corrected chi connectivity index (χ0v) is 15.6. The third-order valence-electron chi connectivity index (χ3n) is 5.02. The first kappa shape index (κ1) is 19.4. The molecule has 6 nitrogen and oxygen atoms in total. The number of carbonyl (C=O) groups is 1. The lowest BCUT2D eigenvalue weighted by atomic mass is 10.0. The summed E-state index contributed by atoms with van der Waals surface area (Å²) in [4.78, 5) is 12.8. The molecule has 2 aromatic rings. The van der Waals surface area contributed by atoms with E-state index < -0.39 is 23.6 Å². The minimum Gasteiger partial charge on any atom is -0.344 e. The molecule has 27 heavy (non-hydrogen) atoms. The summed E-state index contributed by atoms with van der Waals surface area (Å²) in [5, 5.41) is 14.4. The number of piperidine rings is 1. The van der Waals surface area contributed by atoms with E-state index in [0.717, 1.165) is 38.4 Å². The maximum atomic E-state index is 14.2. The van der Waals surface area contributed by atoms with Gasteiger partial charge in [-0.3, -0.25) is 4.79 Å². The minimum absolute atomic E-state index is 0.223. The fraction of sp³-hybridized carbons (Fsp3) is 0.526. The van der Waals surface area contributed by atoms with Crippen LogP contribution in [0.15, 0.2) is 18.2 Å². The van der Waals surface area contributed by atoms with Crippen LogP contribution in [-0.2, 0) is 0 Å². The Hall–Kier alpha value is -2.35. The van der Waals surface area contributed by atoms with Crippen LogP contribution in [-0.4, -0.2) is 34.0 Å². The highest BCUT2D eigenvalue weighted by Crippen LogP contribution is 2.24. The molecule has 0 bridgehead atoms. The molecule has 3 rings (SSSR count). The number of hydrogen-bond donors (Lipinski definition) is 2. The predicted molar refractivity (Wildman–Crippen MR) is 97.4 cm³/mol. The van der Waals surface area contributed by atoms with E-state index in [2.05, 4.69) is 20.9 Å². The second kappa shape index (κ2) is 8.56. The molecular weight excluding hydrogens is 352 g/mol. The summed E-state index contributed by atoms with van der Waals surface area (Å²) in [5.74, 6) is -1.70. The Kier molecular flexibility index (Phi) is 6.15. The lowest BCUT2D eigenvalue weighted by Gasteiger charge is -2.23. The molecule has 1 fully saturated rings. The average molecular weight is 377 g/mol. The lowest BCUT2D eigenvalue weighted by molar-refractivity contribution is 0.0928. The maximum absolute atomic E-state index is 14.2. The normalized spacial score (nSPS) is 16.3. The Balaban J connectivity index is 1.79. The van der Waals surface area contributed by atoms with Gasteiger partial charge in [0, 0.05) is 11.6 Å². The Morgan fingerprint density at radius 3 is 2.78 bits per heavy atom. The van der Waals surface area contributed by atoms with Crippen LogP contribution in [0.1, 0.15) is 66.4 Å². The molecule has 1 saturated heterocycles. The Bertz CT molecular complexity index is 801. The molecule has 0 aliphatic carbocycles. The molecule has 2 N–H and O–H groups in total. The van der Waals surface area contributed by atoms with Crippen LogP contribution in [0.2, 0.25) is 0 Å². The summed E-state index contributed by atoms with van der Waals surface area (Å²) in [7, 11) is 0. The van der Waals surface area contributed by atoms with Crippen LogP contribution >= 0.6 is 0 Å². The van der Waals surface area contributed by atoms with Gasteiger partial charge < -0.3 is 10.6 Å². The Labute approximate surface area is 157 Å². The van der Waals surface area contributed by atoms with E-state index in [4.69, 9.17) is 0 Å². The van der Waals surface area contributed by atoms with Gasteiger partial charge in [0.25, 0.3) is 5.91 Å². The second-order valence-corrected chi connectivity index (χ2v) is 6.93. The molecule has 1 aromatic carbocycles. The molecule has 2 heterocycles. The van der Waals surface area contributed by atoms with Crippen LogP contribution in [0, 0.1) is 18.6 Å². The van der Waals surface area contributed by atoms with Crippen LogP contribution < -0.4 is 10.6 Å². The van der Waals surface area contributed by atoms with Crippen molar-refractivity contribution in [1.29, 1.82) is 0 Å². The smallest absolute Gasteiger partial charge is 0.274 e. The number of benzene rings is 1. The third kappa shape index (κ3) is 4.32. The first-order valence-corrected chi connectivity index (χ1v) is 9.39. The van der Waals surface area contributed by atoms with E-state index >= 15 is 0 Å².